The second kappa shape index (κ2) is 6.26. The SMILES string of the molecule is COc1ncc(C(Cc2ccccc2C)NN)cn1. The second-order valence-electron chi connectivity index (χ2n) is 4.35. The third-order valence-electron chi connectivity index (χ3n) is 3.12. The molecule has 1 aromatic heterocycles. The normalized spacial score (nSPS) is 12.2. The minimum Gasteiger partial charge on any atom is -0.467 e. The number of benzene rings is 1. The molecule has 5 nitrogen and oxygen atoms in total. The maximum Gasteiger partial charge on any atom is 0.316 e. The topological polar surface area (TPSA) is 73.1 Å². The summed E-state index contributed by atoms with van der Waals surface area (Å²) in [6.07, 6.45) is 4.25. The van der Waals surface area contributed by atoms with Gasteiger partial charge < -0.3 is 4.74 Å². The lowest BCUT2D eigenvalue weighted by atomic mass is 9.98. The summed E-state index contributed by atoms with van der Waals surface area (Å²) < 4.78 is 4.95. The van der Waals surface area contributed by atoms with Gasteiger partial charge in [0.05, 0.1) is 13.2 Å². The first kappa shape index (κ1) is 13.5. The van der Waals surface area contributed by atoms with E-state index >= 15 is 0 Å². The average Bonchev–Trinajstić information content (AvgIpc) is 2.47. The van der Waals surface area contributed by atoms with Crippen molar-refractivity contribution in [3.05, 3.63) is 53.3 Å². The number of hydrogen-bond donors (Lipinski definition) is 2. The van der Waals surface area contributed by atoms with E-state index in [9.17, 15) is 0 Å². The van der Waals surface area contributed by atoms with Crippen molar-refractivity contribution in [3.63, 3.8) is 0 Å². The van der Waals surface area contributed by atoms with Crippen LogP contribution in [-0.4, -0.2) is 17.1 Å². The molecule has 1 heterocycles. The number of nitrogens with zero attached hydrogens (tertiary/aromatic N) is 2. The third kappa shape index (κ3) is 3.27. The molecule has 1 unspecified atom stereocenters. The van der Waals surface area contributed by atoms with Gasteiger partial charge in [-0.3, -0.25) is 11.3 Å². The summed E-state index contributed by atoms with van der Waals surface area (Å²) in [7, 11) is 1.54. The predicted octanol–water partition coefficient (Wildman–Crippen LogP) is 1.54. The molecule has 0 fully saturated rings. The summed E-state index contributed by atoms with van der Waals surface area (Å²) in [5, 5.41) is 0. The summed E-state index contributed by atoms with van der Waals surface area (Å²) in [6, 6.07) is 8.58. The molecule has 0 radical (unpaired) electrons. The first-order valence-electron chi connectivity index (χ1n) is 6.11. The molecular weight excluding hydrogens is 240 g/mol. The fourth-order valence-electron chi connectivity index (χ4n) is 1.94. The van der Waals surface area contributed by atoms with Crippen LogP contribution in [0.4, 0.5) is 0 Å². The van der Waals surface area contributed by atoms with Crippen molar-refractivity contribution in [2.75, 3.05) is 7.11 Å². The molecule has 1 aromatic carbocycles. The lowest BCUT2D eigenvalue weighted by Gasteiger charge is -2.17. The fraction of sp³-hybridized carbons (Fsp3) is 0.286. The summed E-state index contributed by atoms with van der Waals surface area (Å²) >= 11 is 0. The highest BCUT2D eigenvalue weighted by Gasteiger charge is 2.13. The molecule has 0 saturated carbocycles. The maximum atomic E-state index is 5.64. The van der Waals surface area contributed by atoms with E-state index in [4.69, 9.17) is 10.6 Å². The Morgan fingerprint density at radius 1 is 1.26 bits per heavy atom. The summed E-state index contributed by atoms with van der Waals surface area (Å²) in [5.41, 5.74) is 6.25. The third-order valence-corrected chi connectivity index (χ3v) is 3.12. The van der Waals surface area contributed by atoms with Crippen LogP contribution in [-0.2, 0) is 6.42 Å². The fourth-order valence-corrected chi connectivity index (χ4v) is 1.94. The maximum absolute atomic E-state index is 5.64. The lowest BCUT2D eigenvalue weighted by molar-refractivity contribution is 0.378. The first-order chi connectivity index (χ1) is 9.24. The van der Waals surface area contributed by atoms with Crippen molar-refractivity contribution in [3.8, 4) is 6.01 Å². The standard InChI is InChI=1S/C14H18N4O/c1-10-5-3-4-6-11(10)7-13(18-15)12-8-16-14(19-2)17-9-12/h3-6,8-9,13,18H,7,15H2,1-2H3. The molecule has 0 aliphatic carbocycles. The molecule has 0 aliphatic rings. The number of ether oxygens (including phenoxy) is 1. The molecule has 0 aliphatic heterocycles. The Balaban J connectivity index is 2.17. The Kier molecular flexibility index (Phi) is 4.43. The molecule has 2 aromatic rings. The molecule has 0 amide bonds. The Morgan fingerprint density at radius 2 is 1.95 bits per heavy atom. The van der Waals surface area contributed by atoms with Crippen LogP contribution in [0.5, 0.6) is 6.01 Å². The van der Waals surface area contributed by atoms with Crippen LogP contribution in [0.2, 0.25) is 0 Å². The highest BCUT2D eigenvalue weighted by atomic mass is 16.5. The Labute approximate surface area is 112 Å². The Bertz CT molecular complexity index is 527. The van der Waals surface area contributed by atoms with Crippen LogP contribution in [0.3, 0.4) is 0 Å². The van der Waals surface area contributed by atoms with Gasteiger partial charge in [0, 0.05) is 18.0 Å². The zero-order valence-electron chi connectivity index (χ0n) is 11.1. The summed E-state index contributed by atoms with van der Waals surface area (Å²) in [6.45, 7) is 2.09. The molecule has 0 saturated heterocycles. The number of aryl methyl sites for hydroxylation is 1. The van der Waals surface area contributed by atoms with Crippen LogP contribution >= 0.6 is 0 Å². The van der Waals surface area contributed by atoms with Crippen LogP contribution < -0.4 is 16.0 Å². The van der Waals surface area contributed by atoms with Crippen molar-refractivity contribution in [2.24, 2.45) is 5.84 Å². The number of hydrogen-bond acceptors (Lipinski definition) is 5. The highest BCUT2D eigenvalue weighted by Crippen LogP contribution is 2.19. The van der Waals surface area contributed by atoms with Gasteiger partial charge >= 0.3 is 6.01 Å². The van der Waals surface area contributed by atoms with Gasteiger partial charge in [-0.1, -0.05) is 24.3 Å². The zero-order valence-corrected chi connectivity index (χ0v) is 11.1. The molecule has 1 atom stereocenters. The van der Waals surface area contributed by atoms with E-state index in [0.717, 1.165) is 12.0 Å². The molecule has 0 spiro atoms. The quantitative estimate of drug-likeness (QED) is 0.628. The van der Waals surface area contributed by atoms with E-state index in [1.54, 1.807) is 19.5 Å². The van der Waals surface area contributed by atoms with Crippen molar-refractivity contribution in [1.29, 1.82) is 0 Å². The van der Waals surface area contributed by atoms with Crippen LogP contribution in [0, 0.1) is 6.92 Å². The largest absolute Gasteiger partial charge is 0.467 e. The van der Waals surface area contributed by atoms with Gasteiger partial charge in [-0.2, -0.15) is 0 Å². The van der Waals surface area contributed by atoms with Gasteiger partial charge in [0.15, 0.2) is 0 Å². The van der Waals surface area contributed by atoms with Gasteiger partial charge in [0.2, 0.25) is 0 Å². The van der Waals surface area contributed by atoms with E-state index in [1.165, 1.54) is 11.1 Å². The van der Waals surface area contributed by atoms with E-state index in [2.05, 4.69) is 34.5 Å². The molecule has 100 valence electrons. The van der Waals surface area contributed by atoms with E-state index in [1.807, 2.05) is 12.1 Å². The summed E-state index contributed by atoms with van der Waals surface area (Å²) in [4.78, 5) is 8.20. The molecule has 5 heteroatoms. The molecule has 2 rings (SSSR count). The second-order valence-corrected chi connectivity index (χ2v) is 4.35. The number of nitrogens with one attached hydrogen (secondary N) is 1. The van der Waals surface area contributed by atoms with Crippen LogP contribution in [0.25, 0.3) is 0 Å². The van der Waals surface area contributed by atoms with Crippen LogP contribution in [0.1, 0.15) is 22.7 Å². The number of nitrogens with two attached hydrogens (primary N) is 1. The number of aromatic nitrogens is 2. The van der Waals surface area contributed by atoms with Crippen LogP contribution in [0.15, 0.2) is 36.7 Å². The zero-order chi connectivity index (χ0) is 13.7. The number of methoxy groups -OCH3 is 1. The van der Waals surface area contributed by atoms with Gasteiger partial charge in [0.25, 0.3) is 0 Å². The van der Waals surface area contributed by atoms with Gasteiger partial charge in [0.1, 0.15) is 0 Å². The minimum absolute atomic E-state index is 0.0213. The molecule has 0 bridgehead atoms. The molecule has 19 heavy (non-hydrogen) atoms. The van der Waals surface area contributed by atoms with Gasteiger partial charge in [-0.15, -0.1) is 0 Å². The van der Waals surface area contributed by atoms with Crippen molar-refractivity contribution in [2.45, 2.75) is 19.4 Å². The van der Waals surface area contributed by atoms with E-state index in [0.29, 0.717) is 6.01 Å². The number of rotatable bonds is 5. The Hall–Kier alpha value is -1.98. The average molecular weight is 258 g/mol. The monoisotopic (exact) mass is 258 g/mol. The van der Waals surface area contributed by atoms with Crippen molar-refractivity contribution in [1.82, 2.24) is 15.4 Å². The number of hydrazine groups is 1. The smallest absolute Gasteiger partial charge is 0.316 e. The van der Waals surface area contributed by atoms with Crippen molar-refractivity contribution >= 4 is 0 Å². The van der Waals surface area contributed by atoms with Gasteiger partial charge in [-0.05, 0) is 24.5 Å². The lowest BCUT2D eigenvalue weighted by Crippen LogP contribution is -2.30. The Morgan fingerprint density at radius 3 is 2.53 bits per heavy atom. The van der Waals surface area contributed by atoms with E-state index in [-0.39, 0.29) is 6.04 Å². The summed E-state index contributed by atoms with van der Waals surface area (Å²) in [5.74, 6) is 5.64. The van der Waals surface area contributed by atoms with Gasteiger partial charge in [-0.25, -0.2) is 9.97 Å². The molecule has 3 N–H and O–H groups in total. The van der Waals surface area contributed by atoms with Crippen molar-refractivity contribution < 1.29 is 4.74 Å². The minimum atomic E-state index is -0.0213. The predicted molar refractivity (Wildman–Crippen MR) is 73.5 cm³/mol. The van der Waals surface area contributed by atoms with E-state index < -0.39 is 0 Å². The first-order valence-corrected chi connectivity index (χ1v) is 6.11. The highest BCUT2D eigenvalue weighted by molar-refractivity contribution is 5.28. The molecular formula is C14H18N4O.